The van der Waals surface area contributed by atoms with E-state index in [0.29, 0.717) is 27.1 Å². The van der Waals surface area contributed by atoms with Crippen molar-refractivity contribution in [3.05, 3.63) is 68.4 Å². The minimum Gasteiger partial charge on any atom is -0.324 e. The van der Waals surface area contributed by atoms with Crippen molar-refractivity contribution >= 4 is 34.8 Å². The van der Waals surface area contributed by atoms with Gasteiger partial charge >= 0.3 is 0 Å². The molecule has 1 unspecified atom stereocenters. The van der Waals surface area contributed by atoms with E-state index in [-0.39, 0.29) is 0 Å². The predicted molar refractivity (Wildman–Crippen MR) is 78.5 cm³/mol. The van der Waals surface area contributed by atoms with Crippen LogP contribution in [0.15, 0.2) is 36.4 Å². The second-order valence-electron chi connectivity index (χ2n) is 4.22. The molecule has 0 fully saturated rings. The van der Waals surface area contributed by atoms with E-state index in [9.17, 15) is 4.39 Å². The average molecular weight is 319 g/mol. The molecule has 0 aliphatic carbocycles. The Kier molecular flexibility index (Phi) is 4.69. The highest BCUT2D eigenvalue weighted by molar-refractivity contribution is 6.42. The Balaban J connectivity index is 2.20. The van der Waals surface area contributed by atoms with Crippen LogP contribution < -0.4 is 5.73 Å². The van der Waals surface area contributed by atoms with Crippen LogP contribution in [0.1, 0.15) is 17.2 Å². The Labute approximate surface area is 126 Å². The molecule has 0 radical (unpaired) electrons. The molecular formula is C14H11Cl3FN. The fourth-order valence-electron chi connectivity index (χ4n) is 1.83. The summed E-state index contributed by atoms with van der Waals surface area (Å²) < 4.78 is 13.7. The Morgan fingerprint density at radius 2 is 1.74 bits per heavy atom. The number of halogens is 4. The van der Waals surface area contributed by atoms with E-state index in [4.69, 9.17) is 40.5 Å². The van der Waals surface area contributed by atoms with E-state index in [2.05, 4.69) is 0 Å². The Morgan fingerprint density at radius 3 is 2.37 bits per heavy atom. The molecule has 0 spiro atoms. The molecule has 0 bridgehead atoms. The van der Waals surface area contributed by atoms with Crippen LogP contribution in [-0.4, -0.2) is 0 Å². The summed E-state index contributed by atoms with van der Waals surface area (Å²) in [6.07, 6.45) is 0.468. The lowest BCUT2D eigenvalue weighted by atomic mass is 9.99. The van der Waals surface area contributed by atoms with Crippen LogP contribution in [0.25, 0.3) is 0 Å². The molecule has 5 heteroatoms. The molecule has 0 amide bonds. The first-order valence-electron chi connectivity index (χ1n) is 5.62. The van der Waals surface area contributed by atoms with Gasteiger partial charge in [0.2, 0.25) is 0 Å². The van der Waals surface area contributed by atoms with Crippen LogP contribution in [0.2, 0.25) is 15.1 Å². The van der Waals surface area contributed by atoms with Gasteiger partial charge in [0.25, 0.3) is 0 Å². The minimum absolute atomic E-state index is 0.350. The summed E-state index contributed by atoms with van der Waals surface area (Å²) >= 11 is 17.5. The first-order valence-corrected chi connectivity index (χ1v) is 6.75. The van der Waals surface area contributed by atoms with Gasteiger partial charge in [0.15, 0.2) is 0 Å². The molecule has 2 aromatic carbocycles. The Morgan fingerprint density at radius 1 is 1.00 bits per heavy atom. The number of hydrogen-bond donors (Lipinski definition) is 1. The van der Waals surface area contributed by atoms with E-state index in [1.807, 2.05) is 6.07 Å². The quantitative estimate of drug-likeness (QED) is 0.844. The maximum Gasteiger partial charge on any atom is 0.129 e. The topological polar surface area (TPSA) is 26.0 Å². The summed E-state index contributed by atoms with van der Waals surface area (Å²) in [6.45, 7) is 0. The molecule has 0 heterocycles. The predicted octanol–water partition coefficient (Wildman–Crippen LogP) is 5.03. The summed E-state index contributed by atoms with van der Waals surface area (Å²) in [6, 6.07) is 9.26. The fraction of sp³-hybridized carbons (Fsp3) is 0.143. The Hall–Kier alpha value is -0.800. The maximum absolute atomic E-state index is 13.7. The lowest BCUT2D eigenvalue weighted by molar-refractivity contribution is 0.580. The smallest absolute Gasteiger partial charge is 0.129 e. The summed E-state index contributed by atoms with van der Waals surface area (Å²) in [7, 11) is 0. The molecule has 2 aromatic rings. The van der Waals surface area contributed by atoms with Crippen LogP contribution in [0, 0.1) is 5.82 Å². The SMILES string of the molecule is NC(Cc1ccc(Cl)c(Cl)c1)c1ccc(Cl)cc1F. The lowest BCUT2D eigenvalue weighted by Gasteiger charge is -2.13. The Bertz CT molecular complexity index is 601. The van der Waals surface area contributed by atoms with Crippen molar-refractivity contribution in [3.8, 4) is 0 Å². The van der Waals surface area contributed by atoms with Crippen molar-refractivity contribution < 1.29 is 4.39 Å². The standard InChI is InChI=1S/C14H11Cl3FN/c15-9-2-3-10(13(18)7-9)14(19)6-8-1-4-11(16)12(17)5-8/h1-5,7,14H,6,19H2. The van der Waals surface area contributed by atoms with Crippen molar-refractivity contribution in [1.82, 2.24) is 0 Å². The van der Waals surface area contributed by atoms with Gasteiger partial charge in [-0.15, -0.1) is 0 Å². The second-order valence-corrected chi connectivity index (χ2v) is 5.48. The molecular weight excluding hydrogens is 308 g/mol. The lowest BCUT2D eigenvalue weighted by Crippen LogP contribution is -2.15. The number of rotatable bonds is 3. The van der Waals surface area contributed by atoms with Gasteiger partial charge in [0, 0.05) is 16.6 Å². The van der Waals surface area contributed by atoms with Gasteiger partial charge in [0.05, 0.1) is 10.0 Å². The first-order chi connectivity index (χ1) is 8.97. The molecule has 0 aromatic heterocycles. The van der Waals surface area contributed by atoms with Crippen molar-refractivity contribution in [3.63, 3.8) is 0 Å². The normalized spacial score (nSPS) is 12.5. The van der Waals surface area contributed by atoms with Gasteiger partial charge in [-0.3, -0.25) is 0 Å². The van der Waals surface area contributed by atoms with Crippen molar-refractivity contribution in [2.24, 2.45) is 5.73 Å². The number of benzene rings is 2. The van der Waals surface area contributed by atoms with Crippen LogP contribution in [0.5, 0.6) is 0 Å². The molecule has 0 aliphatic rings. The highest BCUT2D eigenvalue weighted by atomic mass is 35.5. The van der Waals surface area contributed by atoms with E-state index in [1.165, 1.54) is 6.07 Å². The van der Waals surface area contributed by atoms with Gasteiger partial charge < -0.3 is 5.73 Å². The van der Waals surface area contributed by atoms with Crippen LogP contribution in [0.4, 0.5) is 4.39 Å². The molecule has 100 valence electrons. The first kappa shape index (κ1) is 14.6. The molecule has 0 saturated carbocycles. The molecule has 19 heavy (non-hydrogen) atoms. The van der Waals surface area contributed by atoms with E-state index in [0.717, 1.165) is 5.56 Å². The molecule has 2 rings (SSSR count). The highest BCUT2D eigenvalue weighted by Gasteiger charge is 2.13. The van der Waals surface area contributed by atoms with E-state index < -0.39 is 11.9 Å². The van der Waals surface area contributed by atoms with E-state index in [1.54, 1.807) is 24.3 Å². The zero-order valence-electron chi connectivity index (χ0n) is 9.84. The summed E-state index contributed by atoms with van der Waals surface area (Å²) in [5, 5.41) is 1.29. The van der Waals surface area contributed by atoms with Gasteiger partial charge in [-0.05, 0) is 36.2 Å². The molecule has 1 nitrogen and oxygen atoms in total. The van der Waals surface area contributed by atoms with Gasteiger partial charge in [-0.2, -0.15) is 0 Å². The van der Waals surface area contributed by atoms with Crippen LogP contribution >= 0.6 is 34.8 Å². The monoisotopic (exact) mass is 317 g/mol. The van der Waals surface area contributed by atoms with Crippen molar-refractivity contribution in [2.45, 2.75) is 12.5 Å². The van der Waals surface area contributed by atoms with E-state index >= 15 is 0 Å². The summed E-state index contributed by atoms with van der Waals surface area (Å²) in [5.41, 5.74) is 7.33. The van der Waals surface area contributed by atoms with Gasteiger partial charge in [-0.1, -0.05) is 46.9 Å². The molecule has 0 saturated heterocycles. The number of nitrogens with two attached hydrogens (primary N) is 1. The molecule has 2 N–H and O–H groups in total. The maximum atomic E-state index is 13.7. The fourth-order valence-corrected chi connectivity index (χ4v) is 2.31. The third-order valence-electron chi connectivity index (χ3n) is 2.80. The minimum atomic E-state index is -0.463. The third-order valence-corrected chi connectivity index (χ3v) is 3.78. The summed E-state index contributed by atoms with van der Waals surface area (Å²) in [4.78, 5) is 0. The molecule has 1 atom stereocenters. The van der Waals surface area contributed by atoms with Gasteiger partial charge in [-0.25, -0.2) is 4.39 Å². The van der Waals surface area contributed by atoms with Crippen LogP contribution in [0.3, 0.4) is 0 Å². The highest BCUT2D eigenvalue weighted by Crippen LogP contribution is 2.26. The second kappa shape index (κ2) is 6.10. The number of hydrogen-bond acceptors (Lipinski definition) is 1. The zero-order chi connectivity index (χ0) is 14.0. The largest absolute Gasteiger partial charge is 0.324 e. The summed E-state index contributed by atoms with van der Waals surface area (Å²) in [5.74, 6) is -0.403. The third kappa shape index (κ3) is 3.61. The van der Waals surface area contributed by atoms with Crippen LogP contribution in [-0.2, 0) is 6.42 Å². The van der Waals surface area contributed by atoms with Crippen molar-refractivity contribution in [2.75, 3.05) is 0 Å². The zero-order valence-corrected chi connectivity index (χ0v) is 12.1. The van der Waals surface area contributed by atoms with Crippen molar-refractivity contribution in [1.29, 1.82) is 0 Å². The average Bonchev–Trinajstić information content (AvgIpc) is 2.33. The van der Waals surface area contributed by atoms with Gasteiger partial charge in [0.1, 0.15) is 5.82 Å². The molecule has 0 aliphatic heterocycles.